The fraction of sp³-hybridized carbons (Fsp3) is 0.467. The number of nitrogens with one attached hydrogen (secondary N) is 1. The normalized spacial score (nSPS) is 12.5. The average Bonchev–Trinajstić information content (AvgIpc) is 2.28. The fourth-order valence-corrected chi connectivity index (χ4v) is 2.23. The van der Waals surface area contributed by atoms with Crippen molar-refractivity contribution in [3.63, 3.8) is 0 Å². The molecule has 1 rings (SSSR count). The Bertz CT molecular complexity index is 385. The minimum atomic E-state index is 0.352. The van der Waals surface area contributed by atoms with E-state index in [0.717, 1.165) is 24.4 Å². The average molecular weight is 252 g/mol. The molecule has 17 heavy (non-hydrogen) atoms. The highest BCUT2D eigenvalue weighted by Gasteiger charge is 2.13. The number of hydrogen-bond donors (Lipinski definition) is 1. The topological polar surface area (TPSA) is 12.0 Å². The molecule has 1 unspecified atom stereocenters. The Balaban J connectivity index is 2.92. The first kappa shape index (κ1) is 14.3. The molecule has 0 fully saturated rings. The van der Waals surface area contributed by atoms with Crippen molar-refractivity contribution < 1.29 is 0 Å². The van der Waals surface area contributed by atoms with Crippen molar-refractivity contribution in [2.75, 3.05) is 6.54 Å². The smallest absolute Gasteiger partial charge is 0.0408 e. The van der Waals surface area contributed by atoms with Crippen molar-refractivity contribution in [2.24, 2.45) is 0 Å². The van der Waals surface area contributed by atoms with Crippen LogP contribution < -0.4 is 5.32 Å². The summed E-state index contributed by atoms with van der Waals surface area (Å²) < 4.78 is 0. The van der Waals surface area contributed by atoms with Gasteiger partial charge in [0, 0.05) is 11.1 Å². The number of aryl methyl sites for hydroxylation is 1. The first-order valence-corrected chi connectivity index (χ1v) is 6.62. The second kappa shape index (κ2) is 6.83. The zero-order valence-electron chi connectivity index (χ0n) is 11.0. The van der Waals surface area contributed by atoms with E-state index < -0.39 is 0 Å². The van der Waals surface area contributed by atoms with E-state index >= 15 is 0 Å². The van der Waals surface area contributed by atoms with Crippen LogP contribution in [-0.2, 0) is 0 Å². The third-order valence-corrected chi connectivity index (χ3v) is 3.29. The van der Waals surface area contributed by atoms with Gasteiger partial charge in [-0.15, -0.1) is 0 Å². The molecule has 0 saturated heterocycles. The molecule has 0 aliphatic rings. The number of rotatable bonds is 6. The third kappa shape index (κ3) is 4.18. The van der Waals surface area contributed by atoms with Gasteiger partial charge >= 0.3 is 0 Å². The Hall–Kier alpha value is -0.790. The van der Waals surface area contributed by atoms with E-state index in [1.54, 1.807) is 0 Å². The summed E-state index contributed by atoms with van der Waals surface area (Å²) in [5.74, 6) is 0. The van der Waals surface area contributed by atoms with Crippen LogP contribution >= 0.6 is 11.6 Å². The van der Waals surface area contributed by atoms with Gasteiger partial charge in [-0.1, -0.05) is 43.7 Å². The van der Waals surface area contributed by atoms with Gasteiger partial charge in [0.25, 0.3) is 0 Å². The molecule has 1 aromatic carbocycles. The van der Waals surface area contributed by atoms with Crippen LogP contribution in [0.5, 0.6) is 0 Å². The van der Waals surface area contributed by atoms with Gasteiger partial charge in [-0.2, -0.15) is 0 Å². The van der Waals surface area contributed by atoms with E-state index in [2.05, 4.69) is 38.7 Å². The second-order valence-corrected chi connectivity index (χ2v) is 4.86. The van der Waals surface area contributed by atoms with Crippen molar-refractivity contribution in [1.29, 1.82) is 0 Å². The van der Waals surface area contributed by atoms with E-state index in [1.165, 1.54) is 16.7 Å². The van der Waals surface area contributed by atoms with Gasteiger partial charge in [0.2, 0.25) is 0 Å². The quantitative estimate of drug-likeness (QED) is 0.726. The minimum Gasteiger partial charge on any atom is -0.310 e. The lowest BCUT2D eigenvalue weighted by atomic mass is 9.95. The monoisotopic (exact) mass is 251 g/mol. The SMILES string of the molecule is C=C(CC)CC(NCC)c1ccc(Cl)cc1C. The molecular weight excluding hydrogens is 230 g/mol. The molecule has 1 N–H and O–H groups in total. The molecule has 1 nitrogen and oxygen atoms in total. The number of halogens is 1. The molecule has 0 aliphatic carbocycles. The molecule has 0 bridgehead atoms. The molecule has 0 saturated carbocycles. The molecule has 0 aliphatic heterocycles. The van der Waals surface area contributed by atoms with Crippen LogP contribution in [0.1, 0.15) is 43.9 Å². The lowest BCUT2D eigenvalue weighted by Gasteiger charge is -2.21. The molecule has 94 valence electrons. The van der Waals surface area contributed by atoms with Crippen LogP contribution in [0.4, 0.5) is 0 Å². The Morgan fingerprint density at radius 1 is 1.41 bits per heavy atom. The first-order chi connectivity index (χ1) is 8.08. The lowest BCUT2D eigenvalue weighted by Crippen LogP contribution is -2.22. The maximum Gasteiger partial charge on any atom is 0.0408 e. The number of benzene rings is 1. The van der Waals surface area contributed by atoms with Gasteiger partial charge < -0.3 is 5.32 Å². The summed E-state index contributed by atoms with van der Waals surface area (Å²) in [6.45, 7) is 11.5. The molecule has 1 atom stereocenters. The predicted molar refractivity (Wildman–Crippen MR) is 76.7 cm³/mol. The van der Waals surface area contributed by atoms with Crippen molar-refractivity contribution in [3.8, 4) is 0 Å². The molecule has 0 heterocycles. The van der Waals surface area contributed by atoms with Crippen LogP contribution in [0, 0.1) is 6.92 Å². The van der Waals surface area contributed by atoms with Gasteiger partial charge in [-0.3, -0.25) is 0 Å². The van der Waals surface area contributed by atoms with Crippen LogP contribution in [0.2, 0.25) is 5.02 Å². The van der Waals surface area contributed by atoms with Crippen molar-refractivity contribution in [3.05, 3.63) is 46.5 Å². The van der Waals surface area contributed by atoms with Gasteiger partial charge in [0.15, 0.2) is 0 Å². The van der Waals surface area contributed by atoms with E-state index in [-0.39, 0.29) is 0 Å². The van der Waals surface area contributed by atoms with E-state index in [1.807, 2.05) is 12.1 Å². The predicted octanol–water partition coefficient (Wildman–Crippen LogP) is 4.66. The van der Waals surface area contributed by atoms with Gasteiger partial charge in [-0.25, -0.2) is 0 Å². The summed E-state index contributed by atoms with van der Waals surface area (Å²) in [5.41, 5.74) is 3.85. The summed E-state index contributed by atoms with van der Waals surface area (Å²) in [5, 5.41) is 4.32. The van der Waals surface area contributed by atoms with Crippen LogP contribution in [0.25, 0.3) is 0 Å². The van der Waals surface area contributed by atoms with Crippen molar-refractivity contribution >= 4 is 11.6 Å². The molecule has 0 radical (unpaired) electrons. The summed E-state index contributed by atoms with van der Waals surface area (Å²) >= 11 is 5.99. The molecule has 0 amide bonds. The zero-order chi connectivity index (χ0) is 12.8. The third-order valence-electron chi connectivity index (χ3n) is 3.05. The highest BCUT2D eigenvalue weighted by molar-refractivity contribution is 6.30. The second-order valence-electron chi connectivity index (χ2n) is 4.42. The van der Waals surface area contributed by atoms with Gasteiger partial charge in [-0.05, 0) is 49.6 Å². The van der Waals surface area contributed by atoms with Crippen molar-refractivity contribution in [1.82, 2.24) is 5.32 Å². The first-order valence-electron chi connectivity index (χ1n) is 6.24. The molecule has 0 spiro atoms. The zero-order valence-corrected chi connectivity index (χ0v) is 11.8. The Morgan fingerprint density at radius 3 is 2.65 bits per heavy atom. The summed E-state index contributed by atoms with van der Waals surface area (Å²) in [7, 11) is 0. The van der Waals surface area contributed by atoms with Gasteiger partial charge in [0.1, 0.15) is 0 Å². The Kier molecular flexibility index (Phi) is 5.73. The van der Waals surface area contributed by atoms with Crippen LogP contribution in [0.3, 0.4) is 0 Å². The largest absolute Gasteiger partial charge is 0.310 e. The highest BCUT2D eigenvalue weighted by Crippen LogP contribution is 2.26. The van der Waals surface area contributed by atoms with Crippen LogP contribution in [0.15, 0.2) is 30.4 Å². The molecular formula is C15H22ClN. The Labute approximate surface area is 110 Å². The highest BCUT2D eigenvalue weighted by atomic mass is 35.5. The standard InChI is InChI=1S/C15H22ClN/c1-5-11(3)9-15(17-6-2)14-8-7-13(16)10-12(14)4/h7-8,10,15,17H,3,5-6,9H2,1-2,4H3. The molecule has 0 aromatic heterocycles. The fourth-order valence-electron chi connectivity index (χ4n) is 2.00. The molecule has 2 heteroatoms. The van der Waals surface area contributed by atoms with Crippen molar-refractivity contribution in [2.45, 2.75) is 39.7 Å². The van der Waals surface area contributed by atoms with E-state index in [0.29, 0.717) is 6.04 Å². The lowest BCUT2D eigenvalue weighted by molar-refractivity contribution is 0.540. The van der Waals surface area contributed by atoms with E-state index in [4.69, 9.17) is 11.6 Å². The van der Waals surface area contributed by atoms with Crippen LogP contribution in [-0.4, -0.2) is 6.54 Å². The maximum absolute atomic E-state index is 5.99. The number of hydrogen-bond acceptors (Lipinski definition) is 1. The van der Waals surface area contributed by atoms with E-state index in [9.17, 15) is 0 Å². The summed E-state index contributed by atoms with van der Waals surface area (Å²) in [4.78, 5) is 0. The minimum absolute atomic E-state index is 0.352. The summed E-state index contributed by atoms with van der Waals surface area (Å²) in [6, 6.07) is 6.46. The van der Waals surface area contributed by atoms with Gasteiger partial charge in [0.05, 0.1) is 0 Å². The maximum atomic E-state index is 5.99. The molecule has 1 aromatic rings. The Morgan fingerprint density at radius 2 is 2.12 bits per heavy atom. The summed E-state index contributed by atoms with van der Waals surface area (Å²) in [6.07, 6.45) is 2.03.